The second kappa shape index (κ2) is 6.38. The number of amidine groups is 1. The van der Waals surface area contributed by atoms with E-state index in [0.29, 0.717) is 13.2 Å². The smallest absolute Gasteiger partial charge is 0.387 e. The van der Waals surface area contributed by atoms with Gasteiger partial charge in [0.2, 0.25) is 0 Å². The first-order chi connectivity index (χ1) is 8.30. The summed E-state index contributed by atoms with van der Waals surface area (Å²) >= 11 is 0. The molecule has 2 atom stereocenters. The Hall–Kier alpha value is -0.820. The summed E-state index contributed by atoms with van der Waals surface area (Å²) in [6.45, 7) is 0.826. The van der Waals surface area contributed by atoms with Crippen LogP contribution in [0, 0.1) is 11.3 Å². The van der Waals surface area contributed by atoms with Crippen molar-refractivity contribution in [3.8, 4) is 0 Å². The summed E-state index contributed by atoms with van der Waals surface area (Å²) in [5, 5.41) is 7.02. The number of alkyl halides is 3. The molecule has 0 aliphatic carbocycles. The summed E-state index contributed by atoms with van der Waals surface area (Å²) in [6.07, 6.45) is -1.54. The Balaban J connectivity index is 2.45. The highest BCUT2D eigenvalue weighted by molar-refractivity contribution is 5.80. The lowest BCUT2D eigenvalue weighted by Crippen LogP contribution is -2.45. The molecular weight excluding hydrogens is 247 g/mol. The predicted octanol–water partition coefficient (Wildman–Crippen LogP) is 1.60. The maximum absolute atomic E-state index is 12.6. The van der Waals surface area contributed by atoms with E-state index in [2.05, 4.69) is 0 Å². The van der Waals surface area contributed by atoms with E-state index in [9.17, 15) is 13.2 Å². The van der Waals surface area contributed by atoms with E-state index >= 15 is 0 Å². The van der Waals surface area contributed by atoms with E-state index in [1.165, 1.54) is 4.90 Å². The van der Waals surface area contributed by atoms with Gasteiger partial charge in [-0.05, 0) is 26.3 Å². The fourth-order valence-corrected chi connectivity index (χ4v) is 2.06. The van der Waals surface area contributed by atoms with Gasteiger partial charge in [0.15, 0.2) is 0 Å². The molecule has 1 fully saturated rings. The van der Waals surface area contributed by atoms with Crippen molar-refractivity contribution in [2.75, 3.05) is 26.7 Å². The number of nitrogens with two attached hydrogens (primary N) is 1. The van der Waals surface area contributed by atoms with E-state index in [4.69, 9.17) is 15.9 Å². The molecular formula is C11H20F3N3O. The van der Waals surface area contributed by atoms with Crippen molar-refractivity contribution in [1.82, 2.24) is 4.90 Å². The minimum atomic E-state index is -4.46. The van der Waals surface area contributed by atoms with Crippen LogP contribution in [-0.4, -0.2) is 49.8 Å². The molecule has 4 nitrogen and oxygen atoms in total. The maximum Gasteiger partial charge on any atom is 0.399 e. The monoisotopic (exact) mass is 267 g/mol. The molecule has 106 valence electrons. The van der Waals surface area contributed by atoms with E-state index in [0.717, 1.165) is 19.3 Å². The molecule has 0 bridgehead atoms. The zero-order valence-electron chi connectivity index (χ0n) is 10.5. The van der Waals surface area contributed by atoms with Gasteiger partial charge in [-0.25, -0.2) is 0 Å². The number of rotatable bonds is 5. The minimum Gasteiger partial charge on any atom is -0.387 e. The third-order valence-electron chi connectivity index (χ3n) is 3.05. The average molecular weight is 267 g/mol. The lowest BCUT2D eigenvalue weighted by Gasteiger charge is -2.30. The molecule has 0 spiro atoms. The van der Waals surface area contributed by atoms with Crippen LogP contribution in [0.4, 0.5) is 13.2 Å². The van der Waals surface area contributed by atoms with Crippen molar-refractivity contribution >= 4 is 5.84 Å². The third-order valence-corrected chi connectivity index (χ3v) is 3.05. The van der Waals surface area contributed by atoms with Crippen LogP contribution in [0.25, 0.3) is 0 Å². The van der Waals surface area contributed by atoms with Crippen LogP contribution < -0.4 is 5.73 Å². The summed E-state index contributed by atoms with van der Waals surface area (Å²) in [7, 11) is 1.60. The van der Waals surface area contributed by atoms with Crippen LogP contribution in [0.15, 0.2) is 0 Å². The van der Waals surface area contributed by atoms with Crippen LogP contribution in [0.3, 0.4) is 0 Å². The van der Waals surface area contributed by atoms with Gasteiger partial charge in [0.25, 0.3) is 0 Å². The van der Waals surface area contributed by atoms with Gasteiger partial charge in [-0.1, -0.05) is 0 Å². The standard InChI is InChI=1S/C11H20F3N3O/c1-17(6-8-4-2-3-5-18-8)7-9(10(15)16)11(12,13)14/h8-9H,2-7H2,1H3,(H3,15,16). The molecule has 0 aromatic heterocycles. The van der Waals surface area contributed by atoms with Gasteiger partial charge in [-0.3, -0.25) is 5.41 Å². The molecule has 3 N–H and O–H groups in total. The van der Waals surface area contributed by atoms with E-state index in [1.54, 1.807) is 7.05 Å². The molecule has 0 amide bonds. The highest BCUT2D eigenvalue weighted by atomic mass is 19.4. The summed E-state index contributed by atoms with van der Waals surface area (Å²) in [5.41, 5.74) is 5.01. The number of likely N-dealkylation sites (N-methyl/N-ethyl adjacent to an activating group) is 1. The molecule has 1 aliphatic heterocycles. The number of nitrogens with one attached hydrogen (secondary N) is 1. The SMILES string of the molecule is CN(CC1CCCCO1)CC(C(=N)N)C(F)(F)F. The topological polar surface area (TPSA) is 62.3 Å². The van der Waals surface area contributed by atoms with Crippen molar-refractivity contribution in [1.29, 1.82) is 5.41 Å². The summed E-state index contributed by atoms with van der Waals surface area (Å²) in [6, 6.07) is 0. The number of hydrogen-bond donors (Lipinski definition) is 2. The molecule has 1 rings (SSSR count). The highest BCUT2D eigenvalue weighted by Gasteiger charge is 2.42. The van der Waals surface area contributed by atoms with Crippen LogP contribution in [-0.2, 0) is 4.74 Å². The first kappa shape index (κ1) is 15.2. The summed E-state index contributed by atoms with van der Waals surface area (Å²) in [5.74, 6) is -2.73. The van der Waals surface area contributed by atoms with Gasteiger partial charge in [0, 0.05) is 19.7 Å². The minimum absolute atomic E-state index is 0.00964. The molecule has 0 aromatic rings. The fraction of sp³-hybridized carbons (Fsp3) is 0.909. The Labute approximate surface area is 105 Å². The molecule has 0 aromatic carbocycles. The van der Waals surface area contributed by atoms with Crippen molar-refractivity contribution in [2.45, 2.75) is 31.5 Å². The Bertz CT molecular complexity index is 277. The molecule has 1 aliphatic rings. The van der Waals surface area contributed by atoms with Crippen LogP contribution in [0.2, 0.25) is 0 Å². The molecule has 7 heteroatoms. The van der Waals surface area contributed by atoms with Crippen LogP contribution in [0.1, 0.15) is 19.3 Å². The zero-order chi connectivity index (χ0) is 13.8. The molecule has 2 unspecified atom stereocenters. The molecule has 0 radical (unpaired) electrons. The normalized spacial score (nSPS) is 23.1. The second-order valence-corrected chi connectivity index (χ2v) is 4.76. The van der Waals surface area contributed by atoms with Crippen molar-refractivity contribution in [2.24, 2.45) is 11.7 Å². The number of nitrogens with zero attached hydrogens (tertiary/aromatic N) is 1. The van der Waals surface area contributed by atoms with E-state index < -0.39 is 17.9 Å². The van der Waals surface area contributed by atoms with Gasteiger partial charge in [-0.15, -0.1) is 0 Å². The zero-order valence-corrected chi connectivity index (χ0v) is 10.5. The van der Waals surface area contributed by atoms with Gasteiger partial charge in [0.1, 0.15) is 11.8 Å². The molecule has 1 saturated heterocycles. The third kappa shape index (κ3) is 4.81. The lowest BCUT2D eigenvalue weighted by atomic mass is 10.1. The number of halogens is 3. The largest absolute Gasteiger partial charge is 0.399 e. The molecule has 18 heavy (non-hydrogen) atoms. The predicted molar refractivity (Wildman–Crippen MR) is 62.5 cm³/mol. The van der Waals surface area contributed by atoms with Gasteiger partial charge >= 0.3 is 6.18 Å². The van der Waals surface area contributed by atoms with Crippen molar-refractivity contribution in [3.63, 3.8) is 0 Å². The molecule has 1 heterocycles. The number of hydrogen-bond acceptors (Lipinski definition) is 3. The first-order valence-corrected chi connectivity index (χ1v) is 6.01. The number of ether oxygens (including phenoxy) is 1. The molecule has 0 saturated carbocycles. The van der Waals surface area contributed by atoms with Gasteiger partial charge < -0.3 is 15.4 Å². The fourth-order valence-electron chi connectivity index (χ4n) is 2.06. The van der Waals surface area contributed by atoms with Crippen molar-refractivity contribution < 1.29 is 17.9 Å². The van der Waals surface area contributed by atoms with Gasteiger partial charge in [-0.2, -0.15) is 13.2 Å². The highest BCUT2D eigenvalue weighted by Crippen LogP contribution is 2.27. The summed E-state index contributed by atoms with van der Waals surface area (Å²) in [4.78, 5) is 1.54. The van der Waals surface area contributed by atoms with Crippen molar-refractivity contribution in [3.05, 3.63) is 0 Å². The maximum atomic E-state index is 12.6. The summed E-state index contributed by atoms with van der Waals surface area (Å²) < 4.78 is 43.4. The van der Waals surface area contributed by atoms with E-state index in [1.807, 2.05) is 0 Å². The Kier molecular flexibility index (Phi) is 5.40. The first-order valence-electron chi connectivity index (χ1n) is 6.01. The Morgan fingerprint density at radius 1 is 1.50 bits per heavy atom. The van der Waals surface area contributed by atoms with Crippen LogP contribution in [0.5, 0.6) is 0 Å². The van der Waals surface area contributed by atoms with Crippen LogP contribution >= 0.6 is 0 Å². The average Bonchev–Trinajstić information content (AvgIpc) is 2.25. The Morgan fingerprint density at radius 2 is 2.17 bits per heavy atom. The quantitative estimate of drug-likeness (QED) is 0.587. The van der Waals surface area contributed by atoms with E-state index in [-0.39, 0.29) is 12.6 Å². The lowest BCUT2D eigenvalue weighted by molar-refractivity contribution is -0.160. The van der Waals surface area contributed by atoms with Gasteiger partial charge in [0.05, 0.1) is 6.10 Å². The second-order valence-electron chi connectivity index (χ2n) is 4.76. The Morgan fingerprint density at radius 3 is 2.61 bits per heavy atom.